The van der Waals surface area contributed by atoms with E-state index in [0.29, 0.717) is 0 Å². The molecule has 0 aromatic heterocycles. The van der Waals surface area contributed by atoms with Crippen molar-refractivity contribution in [3.05, 3.63) is 0 Å². The maximum Gasteiger partial charge on any atom is 0.0611 e. The maximum absolute atomic E-state index is 9.09. The van der Waals surface area contributed by atoms with E-state index in [9.17, 15) is 0 Å². The van der Waals surface area contributed by atoms with Gasteiger partial charge in [0.15, 0.2) is 0 Å². The number of rotatable bonds is 2. The summed E-state index contributed by atoms with van der Waals surface area (Å²) in [6.07, 6.45) is 3.00. The monoisotopic (exact) mass is 172 g/mol. The summed E-state index contributed by atoms with van der Waals surface area (Å²) in [4.78, 5) is 2.39. The van der Waals surface area contributed by atoms with Gasteiger partial charge in [0.25, 0.3) is 0 Å². The third-order valence-corrected chi connectivity index (χ3v) is 2.84. The molecule has 1 aliphatic heterocycles. The van der Waals surface area contributed by atoms with Gasteiger partial charge in [-0.15, -0.1) is 0 Å². The number of nitrogens with zero attached hydrogens (tertiary/aromatic N) is 1. The van der Waals surface area contributed by atoms with Crippen LogP contribution in [0.15, 0.2) is 0 Å². The Balaban J connectivity index is 2.44. The van der Waals surface area contributed by atoms with Gasteiger partial charge in [-0.1, -0.05) is 6.92 Å². The number of likely N-dealkylation sites (tertiary alicyclic amines) is 1. The van der Waals surface area contributed by atoms with E-state index in [1.54, 1.807) is 0 Å². The van der Waals surface area contributed by atoms with E-state index < -0.39 is 0 Å². The second-order valence-electron chi connectivity index (χ2n) is 3.81. The fraction of sp³-hybridized carbons (Fsp3) is 1.00. The molecule has 3 heteroatoms. The Morgan fingerprint density at radius 2 is 2.17 bits per heavy atom. The van der Waals surface area contributed by atoms with Crippen LogP contribution >= 0.6 is 0 Å². The second kappa shape index (κ2) is 4.21. The summed E-state index contributed by atoms with van der Waals surface area (Å²) in [5.41, 5.74) is 5.70. The molecule has 0 saturated carbocycles. The zero-order valence-corrected chi connectivity index (χ0v) is 7.92. The molecule has 0 spiro atoms. The first-order valence-electron chi connectivity index (χ1n) is 4.82. The van der Waals surface area contributed by atoms with Crippen LogP contribution in [0, 0.1) is 0 Å². The maximum atomic E-state index is 9.09. The van der Waals surface area contributed by atoms with E-state index in [0.717, 1.165) is 38.9 Å². The van der Waals surface area contributed by atoms with E-state index in [1.165, 1.54) is 0 Å². The first-order valence-corrected chi connectivity index (χ1v) is 4.82. The van der Waals surface area contributed by atoms with Crippen molar-refractivity contribution < 1.29 is 5.11 Å². The minimum absolute atomic E-state index is 0.130. The van der Waals surface area contributed by atoms with E-state index in [1.807, 2.05) is 0 Å². The molecule has 0 aliphatic carbocycles. The zero-order valence-electron chi connectivity index (χ0n) is 7.92. The molecule has 1 atom stereocenters. The topological polar surface area (TPSA) is 49.5 Å². The van der Waals surface area contributed by atoms with Crippen molar-refractivity contribution in [2.45, 2.75) is 31.7 Å². The number of aliphatic hydroxyl groups is 1. The molecule has 3 nitrogen and oxygen atoms in total. The van der Waals surface area contributed by atoms with Gasteiger partial charge >= 0.3 is 0 Å². The molecule has 12 heavy (non-hydrogen) atoms. The normalized spacial score (nSPS) is 33.2. The van der Waals surface area contributed by atoms with Crippen molar-refractivity contribution in [2.24, 2.45) is 5.73 Å². The molecule has 0 aromatic rings. The second-order valence-corrected chi connectivity index (χ2v) is 3.81. The van der Waals surface area contributed by atoms with Crippen molar-refractivity contribution in [3.8, 4) is 0 Å². The Morgan fingerprint density at radius 3 is 2.75 bits per heavy atom. The van der Waals surface area contributed by atoms with Gasteiger partial charge in [0.1, 0.15) is 0 Å². The van der Waals surface area contributed by atoms with Crippen LogP contribution in [0.2, 0.25) is 0 Å². The van der Waals surface area contributed by atoms with Gasteiger partial charge in [-0.2, -0.15) is 0 Å². The molecule has 0 radical (unpaired) electrons. The lowest BCUT2D eigenvalue weighted by Crippen LogP contribution is -2.44. The summed E-state index contributed by atoms with van der Waals surface area (Å²) >= 11 is 0. The Hall–Kier alpha value is -0.120. The highest BCUT2D eigenvalue weighted by atomic mass is 16.3. The molecule has 1 saturated heterocycles. The summed E-state index contributed by atoms with van der Waals surface area (Å²) in [7, 11) is 0. The van der Waals surface area contributed by atoms with Crippen LogP contribution < -0.4 is 5.73 Å². The van der Waals surface area contributed by atoms with Crippen LogP contribution in [-0.2, 0) is 0 Å². The van der Waals surface area contributed by atoms with E-state index >= 15 is 0 Å². The van der Waals surface area contributed by atoms with Gasteiger partial charge in [0, 0.05) is 5.54 Å². The first kappa shape index (κ1) is 9.96. The molecule has 1 rings (SSSR count). The van der Waals surface area contributed by atoms with Gasteiger partial charge in [-0.05, 0) is 38.9 Å². The predicted octanol–water partition coefficient (Wildman–Crippen LogP) is 0.182. The Bertz CT molecular complexity index is 140. The molecule has 1 heterocycles. The van der Waals surface area contributed by atoms with E-state index in [4.69, 9.17) is 10.8 Å². The number of hydrogen-bond acceptors (Lipinski definition) is 3. The van der Waals surface area contributed by atoms with Gasteiger partial charge in [0.2, 0.25) is 0 Å². The molecule has 1 aliphatic rings. The summed E-state index contributed by atoms with van der Waals surface area (Å²) in [6.45, 7) is 5.57. The smallest absolute Gasteiger partial charge is 0.0611 e. The van der Waals surface area contributed by atoms with Crippen LogP contribution in [0.3, 0.4) is 0 Å². The van der Waals surface area contributed by atoms with Crippen LogP contribution in [0.25, 0.3) is 0 Å². The summed E-state index contributed by atoms with van der Waals surface area (Å²) in [6, 6.07) is 0. The highest BCUT2D eigenvalue weighted by Gasteiger charge is 2.26. The Kier molecular flexibility index (Phi) is 3.50. The van der Waals surface area contributed by atoms with Crippen LogP contribution in [0.1, 0.15) is 26.2 Å². The van der Waals surface area contributed by atoms with Crippen molar-refractivity contribution >= 4 is 0 Å². The quantitative estimate of drug-likeness (QED) is 0.625. The van der Waals surface area contributed by atoms with Crippen molar-refractivity contribution in [3.63, 3.8) is 0 Å². The third-order valence-electron chi connectivity index (χ3n) is 2.84. The summed E-state index contributed by atoms with van der Waals surface area (Å²) in [5.74, 6) is 0. The average Bonchev–Trinajstić information content (AvgIpc) is 2.28. The van der Waals surface area contributed by atoms with Gasteiger partial charge < -0.3 is 15.7 Å². The van der Waals surface area contributed by atoms with Gasteiger partial charge in [0.05, 0.1) is 6.61 Å². The lowest BCUT2D eigenvalue weighted by atomic mass is 9.93. The highest BCUT2D eigenvalue weighted by Crippen LogP contribution is 2.18. The van der Waals surface area contributed by atoms with Crippen molar-refractivity contribution in [2.75, 3.05) is 26.2 Å². The molecule has 0 aromatic carbocycles. The Morgan fingerprint density at radius 1 is 1.42 bits per heavy atom. The minimum atomic E-state index is -0.302. The summed E-state index contributed by atoms with van der Waals surface area (Å²) in [5, 5.41) is 9.09. The van der Waals surface area contributed by atoms with Crippen LogP contribution in [0.4, 0.5) is 0 Å². The van der Waals surface area contributed by atoms with Gasteiger partial charge in [-0.25, -0.2) is 0 Å². The predicted molar refractivity (Wildman–Crippen MR) is 50.0 cm³/mol. The minimum Gasteiger partial charge on any atom is -0.394 e. The zero-order chi connectivity index (χ0) is 9.03. The largest absolute Gasteiger partial charge is 0.394 e. The van der Waals surface area contributed by atoms with Crippen LogP contribution in [0.5, 0.6) is 0 Å². The molecular formula is C9H20N2O. The molecule has 3 N–H and O–H groups in total. The molecule has 72 valence electrons. The molecule has 1 fully saturated rings. The van der Waals surface area contributed by atoms with E-state index in [-0.39, 0.29) is 12.1 Å². The average molecular weight is 172 g/mol. The van der Waals surface area contributed by atoms with Crippen molar-refractivity contribution in [1.29, 1.82) is 0 Å². The lowest BCUT2D eigenvalue weighted by molar-refractivity contribution is 0.178. The summed E-state index contributed by atoms with van der Waals surface area (Å²) < 4.78 is 0. The SMILES string of the molecule is CCN1CCCC(N)(CO)CC1. The Labute approximate surface area is 74.5 Å². The third kappa shape index (κ3) is 2.44. The highest BCUT2D eigenvalue weighted by molar-refractivity contribution is 4.87. The fourth-order valence-electron chi connectivity index (χ4n) is 1.75. The fourth-order valence-corrected chi connectivity index (χ4v) is 1.75. The molecule has 0 amide bonds. The van der Waals surface area contributed by atoms with Crippen LogP contribution in [-0.4, -0.2) is 41.8 Å². The standard InChI is InChI=1S/C9H20N2O/c1-2-11-6-3-4-9(10,8-12)5-7-11/h12H,2-8,10H2,1H3. The lowest BCUT2D eigenvalue weighted by Gasteiger charge is -2.25. The number of aliphatic hydroxyl groups excluding tert-OH is 1. The first-order chi connectivity index (χ1) is 5.70. The number of hydrogen-bond donors (Lipinski definition) is 2. The molecule has 1 unspecified atom stereocenters. The number of nitrogens with two attached hydrogens (primary N) is 1. The van der Waals surface area contributed by atoms with E-state index in [2.05, 4.69) is 11.8 Å². The molecule has 0 bridgehead atoms. The van der Waals surface area contributed by atoms with Gasteiger partial charge in [-0.3, -0.25) is 0 Å². The molecular weight excluding hydrogens is 152 g/mol. The van der Waals surface area contributed by atoms with Crippen molar-refractivity contribution in [1.82, 2.24) is 4.90 Å².